The van der Waals surface area contributed by atoms with Crippen molar-refractivity contribution in [3.05, 3.63) is 0 Å². The van der Waals surface area contributed by atoms with Gasteiger partial charge in [0.15, 0.2) is 0 Å². The fourth-order valence-electron chi connectivity index (χ4n) is 1.36. The van der Waals surface area contributed by atoms with E-state index in [1.807, 2.05) is 13.8 Å². The molecule has 0 aromatic carbocycles. The van der Waals surface area contributed by atoms with E-state index in [2.05, 4.69) is 0 Å². The second-order valence-electron chi connectivity index (χ2n) is 4.60. The van der Waals surface area contributed by atoms with E-state index < -0.39 is 9.84 Å². The Balaban J connectivity index is 4.04. The Bertz CT molecular complexity index is 240. The monoisotopic (exact) mass is 208 g/mol. The third-order valence-corrected chi connectivity index (χ3v) is 2.94. The first-order valence-electron chi connectivity index (χ1n) is 4.48. The van der Waals surface area contributed by atoms with E-state index in [9.17, 15) is 8.42 Å². The molecule has 0 aromatic rings. The average Bonchev–Trinajstić information content (AvgIpc) is 1.79. The van der Waals surface area contributed by atoms with Crippen molar-refractivity contribution in [3.63, 3.8) is 0 Å². The maximum absolute atomic E-state index is 10.9. The van der Waals surface area contributed by atoms with Crippen LogP contribution in [0.4, 0.5) is 0 Å². The van der Waals surface area contributed by atoms with E-state index in [-0.39, 0.29) is 17.3 Å². The molecule has 0 saturated heterocycles. The lowest BCUT2D eigenvalue weighted by molar-refractivity contribution is 0.127. The van der Waals surface area contributed by atoms with Gasteiger partial charge < -0.3 is 5.11 Å². The van der Waals surface area contributed by atoms with Crippen LogP contribution < -0.4 is 0 Å². The summed E-state index contributed by atoms with van der Waals surface area (Å²) in [6.07, 6.45) is 2.12. The molecule has 0 spiro atoms. The molecule has 0 fully saturated rings. The van der Waals surface area contributed by atoms with Crippen LogP contribution in [0.2, 0.25) is 0 Å². The van der Waals surface area contributed by atoms with Crippen LogP contribution in [-0.4, -0.2) is 31.6 Å². The van der Waals surface area contributed by atoms with Crippen LogP contribution in [0.3, 0.4) is 0 Å². The third-order valence-electron chi connectivity index (χ3n) is 2.00. The van der Waals surface area contributed by atoms with E-state index in [1.54, 1.807) is 6.92 Å². The van der Waals surface area contributed by atoms with Gasteiger partial charge in [-0.1, -0.05) is 13.8 Å². The van der Waals surface area contributed by atoms with Crippen LogP contribution >= 0.6 is 0 Å². The van der Waals surface area contributed by atoms with Gasteiger partial charge >= 0.3 is 0 Å². The summed E-state index contributed by atoms with van der Waals surface area (Å²) in [7, 11) is -2.87. The van der Waals surface area contributed by atoms with Crippen LogP contribution in [-0.2, 0) is 9.84 Å². The molecule has 1 atom stereocenters. The van der Waals surface area contributed by atoms with Crippen LogP contribution in [0.5, 0.6) is 0 Å². The van der Waals surface area contributed by atoms with Gasteiger partial charge in [-0.3, -0.25) is 0 Å². The molecule has 4 heteroatoms. The fraction of sp³-hybridized carbons (Fsp3) is 1.00. The lowest BCUT2D eigenvalue weighted by Gasteiger charge is -2.25. The number of aliphatic hydroxyl groups excluding tert-OH is 1. The zero-order chi connectivity index (χ0) is 10.7. The molecule has 1 unspecified atom stereocenters. The number of rotatable bonds is 5. The van der Waals surface area contributed by atoms with Crippen molar-refractivity contribution in [1.82, 2.24) is 0 Å². The quantitative estimate of drug-likeness (QED) is 0.739. The van der Waals surface area contributed by atoms with Crippen molar-refractivity contribution in [2.24, 2.45) is 5.41 Å². The fourth-order valence-corrected chi connectivity index (χ4v) is 2.29. The molecule has 0 amide bonds. The van der Waals surface area contributed by atoms with Crippen LogP contribution in [0.15, 0.2) is 0 Å². The van der Waals surface area contributed by atoms with E-state index in [1.165, 1.54) is 6.26 Å². The molecular formula is C9H20O3S. The molecule has 0 saturated carbocycles. The van der Waals surface area contributed by atoms with Crippen molar-refractivity contribution < 1.29 is 13.5 Å². The summed E-state index contributed by atoms with van der Waals surface area (Å²) in [6, 6.07) is 0. The Kier molecular flexibility index (Phi) is 4.39. The van der Waals surface area contributed by atoms with Crippen molar-refractivity contribution >= 4 is 9.84 Å². The summed E-state index contributed by atoms with van der Waals surface area (Å²) in [4.78, 5) is 0. The molecule has 0 heterocycles. The summed E-state index contributed by atoms with van der Waals surface area (Å²) < 4.78 is 21.8. The molecule has 0 aliphatic carbocycles. The summed E-state index contributed by atoms with van der Waals surface area (Å²) in [5.41, 5.74) is -0.1000. The summed E-state index contributed by atoms with van der Waals surface area (Å²) in [5.74, 6) is 0.201. The summed E-state index contributed by atoms with van der Waals surface area (Å²) >= 11 is 0. The normalized spacial score (nSPS) is 15.8. The second-order valence-corrected chi connectivity index (χ2v) is 6.86. The molecule has 0 rings (SSSR count). The highest BCUT2D eigenvalue weighted by atomic mass is 32.2. The topological polar surface area (TPSA) is 54.4 Å². The maximum Gasteiger partial charge on any atom is 0.147 e. The summed E-state index contributed by atoms with van der Waals surface area (Å²) in [5, 5.41) is 9.17. The number of hydrogen-bond acceptors (Lipinski definition) is 3. The zero-order valence-corrected chi connectivity index (χ0v) is 9.69. The highest BCUT2D eigenvalue weighted by Crippen LogP contribution is 2.27. The van der Waals surface area contributed by atoms with E-state index in [0.29, 0.717) is 12.8 Å². The summed E-state index contributed by atoms with van der Waals surface area (Å²) in [6.45, 7) is 5.68. The number of sulfone groups is 1. The molecule has 0 aliphatic heterocycles. The first-order chi connectivity index (χ1) is 5.62. The molecule has 0 radical (unpaired) electrons. The van der Waals surface area contributed by atoms with Gasteiger partial charge in [-0.15, -0.1) is 0 Å². The van der Waals surface area contributed by atoms with Gasteiger partial charge in [-0.25, -0.2) is 8.42 Å². The number of hydrogen-bond donors (Lipinski definition) is 1. The second kappa shape index (κ2) is 4.42. The molecule has 0 bridgehead atoms. The molecule has 1 N–H and O–H groups in total. The largest absolute Gasteiger partial charge is 0.393 e. The zero-order valence-electron chi connectivity index (χ0n) is 8.87. The lowest BCUT2D eigenvalue weighted by Crippen LogP contribution is -2.21. The Hall–Kier alpha value is -0.0900. The molecule has 0 aliphatic rings. The SMILES string of the molecule is CC(O)CC(C)(C)CCS(C)(=O)=O. The van der Waals surface area contributed by atoms with Crippen molar-refractivity contribution in [1.29, 1.82) is 0 Å². The first kappa shape index (κ1) is 12.9. The van der Waals surface area contributed by atoms with Gasteiger partial charge in [0, 0.05) is 6.26 Å². The van der Waals surface area contributed by atoms with Gasteiger partial charge in [0.05, 0.1) is 11.9 Å². The van der Waals surface area contributed by atoms with Crippen molar-refractivity contribution in [2.75, 3.05) is 12.0 Å². The van der Waals surface area contributed by atoms with Crippen molar-refractivity contribution in [3.8, 4) is 0 Å². The lowest BCUT2D eigenvalue weighted by atomic mass is 9.84. The van der Waals surface area contributed by atoms with E-state index in [0.717, 1.165) is 0 Å². The van der Waals surface area contributed by atoms with Gasteiger partial charge in [0.25, 0.3) is 0 Å². The van der Waals surface area contributed by atoms with Gasteiger partial charge in [0.2, 0.25) is 0 Å². The third kappa shape index (κ3) is 8.25. The highest BCUT2D eigenvalue weighted by Gasteiger charge is 2.21. The van der Waals surface area contributed by atoms with Crippen LogP contribution in [0.1, 0.15) is 33.6 Å². The predicted octanol–water partition coefficient (Wildman–Crippen LogP) is 1.22. The smallest absolute Gasteiger partial charge is 0.147 e. The minimum atomic E-state index is -2.87. The molecule has 3 nitrogen and oxygen atoms in total. The van der Waals surface area contributed by atoms with Crippen LogP contribution in [0.25, 0.3) is 0 Å². The van der Waals surface area contributed by atoms with Crippen molar-refractivity contribution in [2.45, 2.75) is 39.7 Å². The average molecular weight is 208 g/mol. The minimum absolute atomic E-state index is 0.1000. The van der Waals surface area contributed by atoms with Gasteiger partial charge in [-0.2, -0.15) is 0 Å². The Labute approximate surface area is 81.1 Å². The Morgan fingerprint density at radius 3 is 2.15 bits per heavy atom. The van der Waals surface area contributed by atoms with Gasteiger partial charge in [0.1, 0.15) is 9.84 Å². The van der Waals surface area contributed by atoms with E-state index >= 15 is 0 Å². The molecular weight excluding hydrogens is 188 g/mol. The van der Waals surface area contributed by atoms with E-state index in [4.69, 9.17) is 5.11 Å². The standard InChI is InChI=1S/C9H20O3S/c1-8(10)7-9(2,3)5-6-13(4,11)12/h8,10H,5-7H2,1-4H3. The predicted molar refractivity (Wildman–Crippen MR) is 54.4 cm³/mol. The Morgan fingerprint density at radius 1 is 1.38 bits per heavy atom. The van der Waals surface area contributed by atoms with Crippen LogP contribution in [0, 0.1) is 5.41 Å². The van der Waals surface area contributed by atoms with Gasteiger partial charge in [-0.05, 0) is 25.2 Å². The highest BCUT2D eigenvalue weighted by molar-refractivity contribution is 7.90. The number of aliphatic hydroxyl groups is 1. The minimum Gasteiger partial charge on any atom is -0.393 e. The maximum atomic E-state index is 10.9. The molecule has 13 heavy (non-hydrogen) atoms. The Morgan fingerprint density at radius 2 is 1.85 bits per heavy atom. The first-order valence-corrected chi connectivity index (χ1v) is 6.54. The molecule has 0 aromatic heterocycles. The molecule has 80 valence electrons.